The Kier molecular flexibility index (Phi) is 3.96. The van der Waals surface area contributed by atoms with Crippen molar-refractivity contribution in [3.8, 4) is 5.75 Å². The molecule has 0 atom stereocenters. The highest BCUT2D eigenvalue weighted by Crippen LogP contribution is 2.24. The molecule has 0 saturated carbocycles. The molecule has 128 valence electrons. The van der Waals surface area contributed by atoms with Crippen molar-refractivity contribution in [3.05, 3.63) is 53.6 Å². The van der Waals surface area contributed by atoms with Crippen molar-refractivity contribution < 1.29 is 9.13 Å². The molecule has 2 bridgehead atoms. The standard InChI is InChI=1S/C17H16FN5OS/c1-22-10-11-8-12(18)2-3-14(11)24-7-5-19-17(25)13-9-20-23-6-4-15(22)21-16(13)23/h2-4,6,8-9H,5,7,10H2,1H3,(H,19,25). The fourth-order valence-electron chi connectivity index (χ4n) is 2.80. The quantitative estimate of drug-likeness (QED) is 0.623. The van der Waals surface area contributed by atoms with Crippen LogP contribution in [0.5, 0.6) is 5.75 Å². The first kappa shape index (κ1) is 15.8. The number of anilines is 1. The Morgan fingerprint density at radius 3 is 3.08 bits per heavy atom. The lowest BCUT2D eigenvalue weighted by molar-refractivity contribution is 0.319. The molecule has 1 aromatic carbocycles. The minimum absolute atomic E-state index is 0.291. The van der Waals surface area contributed by atoms with E-state index in [0.717, 1.165) is 16.9 Å². The predicted molar refractivity (Wildman–Crippen MR) is 96.7 cm³/mol. The highest BCUT2D eigenvalue weighted by atomic mass is 32.1. The molecule has 0 unspecified atom stereocenters. The van der Waals surface area contributed by atoms with Gasteiger partial charge in [-0.25, -0.2) is 13.9 Å². The molecule has 0 fully saturated rings. The van der Waals surface area contributed by atoms with Crippen molar-refractivity contribution in [1.29, 1.82) is 0 Å². The fourth-order valence-corrected chi connectivity index (χ4v) is 3.05. The highest BCUT2D eigenvalue weighted by Gasteiger charge is 2.15. The average molecular weight is 357 g/mol. The summed E-state index contributed by atoms with van der Waals surface area (Å²) in [5, 5.41) is 7.44. The molecule has 3 heterocycles. The monoisotopic (exact) mass is 357 g/mol. The van der Waals surface area contributed by atoms with E-state index in [-0.39, 0.29) is 5.82 Å². The topological polar surface area (TPSA) is 54.7 Å². The second kappa shape index (κ2) is 6.29. The number of nitrogens with one attached hydrogen (secondary N) is 1. The zero-order valence-electron chi connectivity index (χ0n) is 13.6. The molecule has 2 aromatic heterocycles. The highest BCUT2D eigenvalue weighted by molar-refractivity contribution is 7.80. The van der Waals surface area contributed by atoms with Crippen molar-refractivity contribution in [2.75, 3.05) is 25.1 Å². The van der Waals surface area contributed by atoms with Gasteiger partial charge in [-0.3, -0.25) is 0 Å². The molecule has 8 heteroatoms. The summed E-state index contributed by atoms with van der Waals surface area (Å²) in [5.41, 5.74) is 2.22. The molecule has 1 N–H and O–H groups in total. The summed E-state index contributed by atoms with van der Waals surface area (Å²) in [7, 11) is 1.90. The summed E-state index contributed by atoms with van der Waals surface area (Å²) in [6.07, 6.45) is 3.54. The molecule has 0 spiro atoms. The van der Waals surface area contributed by atoms with E-state index < -0.39 is 0 Å². The van der Waals surface area contributed by atoms with Gasteiger partial charge in [0, 0.05) is 31.9 Å². The lowest BCUT2D eigenvalue weighted by Crippen LogP contribution is -2.27. The lowest BCUT2D eigenvalue weighted by Gasteiger charge is -2.20. The summed E-state index contributed by atoms with van der Waals surface area (Å²) in [6.45, 7) is 1.41. The Hall–Kier alpha value is -2.74. The van der Waals surface area contributed by atoms with Gasteiger partial charge in [0.15, 0.2) is 5.65 Å². The third-order valence-corrected chi connectivity index (χ3v) is 4.43. The van der Waals surface area contributed by atoms with Crippen LogP contribution in [0.2, 0.25) is 0 Å². The van der Waals surface area contributed by atoms with E-state index in [1.807, 2.05) is 24.2 Å². The van der Waals surface area contributed by atoms with E-state index in [9.17, 15) is 4.39 Å². The van der Waals surface area contributed by atoms with Crippen molar-refractivity contribution >= 4 is 28.7 Å². The van der Waals surface area contributed by atoms with E-state index >= 15 is 0 Å². The maximum absolute atomic E-state index is 13.7. The number of fused-ring (bicyclic) bond motifs is 2. The Morgan fingerprint density at radius 1 is 1.32 bits per heavy atom. The molecule has 0 saturated heterocycles. The summed E-state index contributed by atoms with van der Waals surface area (Å²) in [6, 6.07) is 6.41. The van der Waals surface area contributed by atoms with Crippen molar-refractivity contribution in [3.63, 3.8) is 0 Å². The number of hydrogen-bond acceptors (Lipinski definition) is 5. The molecule has 0 amide bonds. The zero-order chi connectivity index (χ0) is 17.4. The molecular formula is C17H16FN5OS. The van der Waals surface area contributed by atoms with Crippen LogP contribution in [0.1, 0.15) is 11.1 Å². The van der Waals surface area contributed by atoms with Gasteiger partial charge in [0.1, 0.15) is 29.0 Å². The van der Waals surface area contributed by atoms with E-state index in [0.29, 0.717) is 36.1 Å². The predicted octanol–water partition coefficient (Wildman–Crippen LogP) is 2.16. The normalized spacial score (nSPS) is 15.0. The number of benzene rings is 1. The number of ether oxygens (including phenoxy) is 1. The van der Waals surface area contributed by atoms with Gasteiger partial charge < -0.3 is 15.0 Å². The van der Waals surface area contributed by atoms with Crippen LogP contribution in [0, 0.1) is 5.82 Å². The van der Waals surface area contributed by atoms with Crippen LogP contribution in [0.15, 0.2) is 36.7 Å². The van der Waals surface area contributed by atoms with Crippen molar-refractivity contribution in [2.45, 2.75) is 6.54 Å². The Bertz CT molecular complexity index is 957. The van der Waals surface area contributed by atoms with Gasteiger partial charge in [-0.15, -0.1) is 0 Å². The first-order valence-corrected chi connectivity index (χ1v) is 8.27. The lowest BCUT2D eigenvalue weighted by atomic mass is 10.2. The van der Waals surface area contributed by atoms with Gasteiger partial charge in [0.05, 0.1) is 11.8 Å². The largest absolute Gasteiger partial charge is 0.491 e. The number of aromatic nitrogens is 3. The van der Waals surface area contributed by atoms with Crippen LogP contribution in [-0.4, -0.2) is 39.8 Å². The van der Waals surface area contributed by atoms with E-state index in [2.05, 4.69) is 15.4 Å². The average Bonchev–Trinajstić information content (AvgIpc) is 3.02. The van der Waals surface area contributed by atoms with Gasteiger partial charge in [-0.2, -0.15) is 5.10 Å². The molecule has 0 aliphatic carbocycles. The van der Waals surface area contributed by atoms with Crippen LogP contribution in [-0.2, 0) is 6.54 Å². The van der Waals surface area contributed by atoms with Gasteiger partial charge in [-0.1, -0.05) is 12.2 Å². The second-order valence-corrected chi connectivity index (χ2v) is 6.23. The van der Waals surface area contributed by atoms with Crippen LogP contribution in [0.3, 0.4) is 0 Å². The van der Waals surface area contributed by atoms with Gasteiger partial charge in [0.25, 0.3) is 0 Å². The number of rotatable bonds is 0. The number of nitrogens with zero attached hydrogens (tertiary/aromatic N) is 4. The molecule has 4 rings (SSSR count). The van der Waals surface area contributed by atoms with Crippen LogP contribution in [0.4, 0.5) is 10.2 Å². The zero-order valence-corrected chi connectivity index (χ0v) is 14.4. The minimum atomic E-state index is -0.291. The summed E-state index contributed by atoms with van der Waals surface area (Å²) in [5.74, 6) is 1.11. The van der Waals surface area contributed by atoms with Gasteiger partial charge in [-0.05, 0) is 24.3 Å². The molecule has 1 aliphatic rings. The Morgan fingerprint density at radius 2 is 2.20 bits per heavy atom. The summed E-state index contributed by atoms with van der Waals surface area (Å²) < 4.78 is 21.2. The first-order chi connectivity index (χ1) is 12.1. The SMILES string of the molecule is CN1Cc2cc(F)ccc2OCCNC(=S)c2cnn3ccc1nc23. The van der Waals surface area contributed by atoms with Crippen LogP contribution < -0.4 is 15.0 Å². The fraction of sp³-hybridized carbons (Fsp3) is 0.235. The smallest absolute Gasteiger partial charge is 0.167 e. The third-order valence-electron chi connectivity index (χ3n) is 4.07. The Labute approximate surface area is 149 Å². The molecule has 1 aliphatic heterocycles. The maximum Gasteiger partial charge on any atom is 0.167 e. The first-order valence-electron chi connectivity index (χ1n) is 7.87. The molecular weight excluding hydrogens is 341 g/mol. The summed E-state index contributed by atoms with van der Waals surface area (Å²) >= 11 is 5.45. The van der Waals surface area contributed by atoms with E-state index in [4.69, 9.17) is 17.0 Å². The van der Waals surface area contributed by atoms with Gasteiger partial charge >= 0.3 is 0 Å². The van der Waals surface area contributed by atoms with E-state index in [1.54, 1.807) is 16.8 Å². The van der Waals surface area contributed by atoms with Crippen molar-refractivity contribution in [2.24, 2.45) is 0 Å². The number of halogens is 1. The molecule has 25 heavy (non-hydrogen) atoms. The molecule has 6 nitrogen and oxygen atoms in total. The summed E-state index contributed by atoms with van der Waals surface area (Å²) in [4.78, 5) is 7.18. The minimum Gasteiger partial charge on any atom is -0.491 e. The number of hydrogen-bond donors (Lipinski definition) is 1. The maximum atomic E-state index is 13.7. The van der Waals surface area contributed by atoms with Crippen LogP contribution in [0.25, 0.3) is 5.65 Å². The Balaban J connectivity index is 1.80. The molecule has 3 aromatic rings. The van der Waals surface area contributed by atoms with Gasteiger partial charge in [0.2, 0.25) is 0 Å². The number of thiocarbonyl (C=S) groups is 1. The molecule has 0 radical (unpaired) electrons. The van der Waals surface area contributed by atoms with Crippen LogP contribution >= 0.6 is 12.2 Å². The van der Waals surface area contributed by atoms with Crippen molar-refractivity contribution in [1.82, 2.24) is 19.9 Å². The second-order valence-electron chi connectivity index (χ2n) is 5.82. The third kappa shape index (κ3) is 3.00. The van der Waals surface area contributed by atoms with E-state index in [1.165, 1.54) is 12.1 Å².